The predicted molar refractivity (Wildman–Crippen MR) is 62.5 cm³/mol. The lowest BCUT2D eigenvalue weighted by atomic mass is 9.93. The molecule has 0 aromatic rings. The molecule has 1 radical (unpaired) electrons. The molecule has 2 atom stereocenters. The highest BCUT2D eigenvalue weighted by molar-refractivity contribution is 5.84. The number of nitrogens with zero attached hydrogens (tertiary/aromatic N) is 1. The van der Waals surface area contributed by atoms with Crippen LogP contribution in [0.4, 0.5) is 0 Å². The van der Waals surface area contributed by atoms with Gasteiger partial charge in [0.15, 0.2) is 0 Å². The van der Waals surface area contributed by atoms with Gasteiger partial charge in [-0.2, -0.15) is 0 Å². The summed E-state index contributed by atoms with van der Waals surface area (Å²) in [6, 6.07) is -0.858. The minimum absolute atomic E-state index is 0.136. The van der Waals surface area contributed by atoms with Crippen LogP contribution in [0.15, 0.2) is 0 Å². The second kappa shape index (κ2) is 5.99. The average Bonchev–Trinajstić information content (AvgIpc) is 2.30. The third-order valence-electron chi connectivity index (χ3n) is 3.20. The molecule has 1 fully saturated rings. The van der Waals surface area contributed by atoms with E-state index in [1.165, 1.54) is 6.42 Å². The number of hydrogen-bond donors (Lipinski definition) is 1. The summed E-state index contributed by atoms with van der Waals surface area (Å²) in [7, 11) is 0. The van der Waals surface area contributed by atoms with Crippen molar-refractivity contribution in [3.05, 3.63) is 0 Å². The molecular weight excluding hydrogens is 204 g/mol. The van der Waals surface area contributed by atoms with Crippen LogP contribution in [0.5, 0.6) is 0 Å². The first-order valence-corrected chi connectivity index (χ1v) is 6.03. The maximum atomic E-state index is 12.0. The van der Waals surface area contributed by atoms with Crippen LogP contribution in [-0.2, 0) is 9.59 Å². The third-order valence-corrected chi connectivity index (χ3v) is 3.20. The molecule has 1 saturated carbocycles. The Balaban J connectivity index is 2.76. The summed E-state index contributed by atoms with van der Waals surface area (Å²) in [5.41, 5.74) is 5.61. The topological polar surface area (TPSA) is 63.4 Å². The van der Waals surface area contributed by atoms with Crippen molar-refractivity contribution < 1.29 is 9.59 Å². The Hall–Kier alpha value is -0.900. The van der Waals surface area contributed by atoms with E-state index in [-0.39, 0.29) is 11.9 Å². The van der Waals surface area contributed by atoms with E-state index in [9.17, 15) is 9.59 Å². The first-order valence-electron chi connectivity index (χ1n) is 6.03. The lowest BCUT2D eigenvalue weighted by Crippen LogP contribution is -2.52. The largest absolute Gasteiger partial charge is 0.328 e. The Morgan fingerprint density at radius 1 is 1.31 bits per heavy atom. The zero-order chi connectivity index (χ0) is 12.1. The van der Waals surface area contributed by atoms with Gasteiger partial charge < -0.3 is 10.6 Å². The van der Waals surface area contributed by atoms with Crippen molar-refractivity contribution in [3.8, 4) is 0 Å². The molecule has 0 heterocycles. The van der Waals surface area contributed by atoms with Crippen molar-refractivity contribution in [2.75, 3.05) is 0 Å². The van der Waals surface area contributed by atoms with E-state index in [0.29, 0.717) is 0 Å². The monoisotopic (exact) mass is 225 g/mol. The molecule has 0 spiro atoms. The lowest BCUT2D eigenvalue weighted by molar-refractivity contribution is -0.136. The molecule has 0 aliphatic heterocycles. The summed E-state index contributed by atoms with van der Waals surface area (Å²) >= 11 is 0. The lowest BCUT2D eigenvalue weighted by Gasteiger charge is -2.37. The predicted octanol–water partition coefficient (Wildman–Crippen LogP) is 0.993. The third kappa shape index (κ3) is 3.04. The molecule has 1 rings (SSSR count). The van der Waals surface area contributed by atoms with E-state index in [2.05, 4.69) is 0 Å². The van der Waals surface area contributed by atoms with Crippen LogP contribution in [0.1, 0.15) is 46.0 Å². The number of carbonyl (C=O) groups excluding carboxylic acids is 2. The smallest absolute Gasteiger partial charge is 0.240 e. The van der Waals surface area contributed by atoms with Gasteiger partial charge in [-0.1, -0.05) is 19.3 Å². The van der Waals surface area contributed by atoms with Gasteiger partial charge in [-0.05, 0) is 26.7 Å². The Bertz CT molecular complexity index is 247. The summed E-state index contributed by atoms with van der Waals surface area (Å²) in [5.74, 6) is -0.136. The Kier molecular flexibility index (Phi) is 4.93. The molecule has 2 N–H and O–H groups in total. The Labute approximate surface area is 97.2 Å². The van der Waals surface area contributed by atoms with Crippen LogP contribution in [0, 0.1) is 0 Å². The van der Waals surface area contributed by atoms with E-state index in [1.807, 2.05) is 6.29 Å². The zero-order valence-corrected chi connectivity index (χ0v) is 10.1. The maximum Gasteiger partial charge on any atom is 0.240 e. The van der Waals surface area contributed by atoms with Crippen molar-refractivity contribution in [2.24, 2.45) is 5.73 Å². The zero-order valence-electron chi connectivity index (χ0n) is 10.1. The van der Waals surface area contributed by atoms with E-state index in [1.54, 1.807) is 18.7 Å². The molecule has 1 aliphatic rings. The van der Waals surface area contributed by atoms with Gasteiger partial charge in [0, 0.05) is 6.04 Å². The summed E-state index contributed by atoms with van der Waals surface area (Å²) in [6.07, 6.45) is 7.32. The molecule has 91 valence electrons. The van der Waals surface area contributed by atoms with Crippen LogP contribution < -0.4 is 5.73 Å². The molecule has 1 amide bonds. The molecule has 0 aromatic carbocycles. The van der Waals surface area contributed by atoms with Crippen LogP contribution in [0.3, 0.4) is 0 Å². The van der Waals surface area contributed by atoms with E-state index in [0.717, 1.165) is 25.7 Å². The van der Waals surface area contributed by atoms with Gasteiger partial charge >= 0.3 is 0 Å². The molecule has 16 heavy (non-hydrogen) atoms. The first kappa shape index (κ1) is 13.2. The van der Waals surface area contributed by atoms with E-state index >= 15 is 0 Å². The van der Waals surface area contributed by atoms with E-state index in [4.69, 9.17) is 5.73 Å². The molecule has 1 aliphatic carbocycles. The van der Waals surface area contributed by atoms with E-state index < -0.39 is 12.1 Å². The van der Waals surface area contributed by atoms with Gasteiger partial charge in [-0.15, -0.1) is 0 Å². The number of nitrogens with two attached hydrogens (primary N) is 1. The van der Waals surface area contributed by atoms with Crippen LogP contribution in [0.2, 0.25) is 0 Å². The minimum atomic E-state index is -0.544. The Morgan fingerprint density at radius 2 is 1.88 bits per heavy atom. The molecule has 0 unspecified atom stereocenters. The summed E-state index contributed by atoms with van der Waals surface area (Å²) < 4.78 is 0. The highest BCUT2D eigenvalue weighted by Crippen LogP contribution is 2.24. The fourth-order valence-electron chi connectivity index (χ4n) is 2.34. The molecule has 4 heteroatoms. The highest BCUT2D eigenvalue weighted by atomic mass is 16.2. The van der Waals surface area contributed by atoms with Crippen molar-refractivity contribution in [2.45, 2.75) is 64.1 Å². The molecular formula is C12H21N2O2. The fraction of sp³-hybridized carbons (Fsp3) is 0.833. The fourth-order valence-corrected chi connectivity index (χ4v) is 2.34. The number of hydrogen-bond acceptors (Lipinski definition) is 3. The van der Waals surface area contributed by atoms with Gasteiger partial charge in [-0.25, -0.2) is 0 Å². The summed E-state index contributed by atoms with van der Waals surface area (Å²) in [6.45, 7) is 3.37. The maximum absolute atomic E-state index is 12.0. The van der Waals surface area contributed by atoms with Crippen molar-refractivity contribution in [3.63, 3.8) is 0 Å². The Morgan fingerprint density at radius 3 is 2.31 bits per heavy atom. The number of rotatable bonds is 4. The van der Waals surface area contributed by atoms with Gasteiger partial charge in [0.1, 0.15) is 0 Å². The SMILES string of the molecule is C[C@H](N)C(=O)N(C1CCCCC1)[C@@H](C)[C]=O. The van der Waals surface area contributed by atoms with Crippen LogP contribution in [0.25, 0.3) is 0 Å². The second-order valence-electron chi connectivity index (χ2n) is 4.62. The van der Waals surface area contributed by atoms with Crippen LogP contribution >= 0.6 is 0 Å². The highest BCUT2D eigenvalue weighted by Gasteiger charge is 2.30. The number of carbonyl (C=O) groups is 1. The summed E-state index contributed by atoms with van der Waals surface area (Å²) in [5, 5.41) is 0. The van der Waals surface area contributed by atoms with Crippen LogP contribution in [-0.4, -0.2) is 35.2 Å². The minimum Gasteiger partial charge on any atom is -0.328 e. The van der Waals surface area contributed by atoms with Crippen molar-refractivity contribution >= 4 is 12.2 Å². The average molecular weight is 225 g/mol. The first-order chi connectivity index (χ1) is 7.57. The van der Waals surface area contributed by atoms with Gasteiger partial charge in [-0.3, -0.25) is 9.59 Å². The van der Waals surface area contributed by atoms with Gasteiger partial charge in [0.2, 0.25) is 12.2 Å². The molecule has 0 bridgehead atoms. The molecule has 0 saturated heterocycles. The van der Waals surface area contributed by atoms with Gasteiger partial charge in [0.05, 0.1) is 12.1 Å². The normalized spacial score (nSPS) is 21.2. The number of amides is 1. The molecule has 0 aromatic heterocycles. The quantitative estimate of drug-likeness (QED) is 0.776. The van der Waals surface area contributed by atoms with Crippen molar-refractivity contribution in [1.82, 2.24) is 4.90 Å². The standard InChI is InChI=1S/C12H21N2O2/c1-9(8-15)14(12(16)10(2)13)11-6-4-3-5-7-11/h9-11H,3-7,13H2,1-2H3/t9-,10-/m0/s1. The summed E-state index contributed by atoms with van der Waals surface area (Å²) in [4.78, 5) is 24.4. The van der Waals surface area contributed by atoms with Gasteiger partial charge in [0.25, 0.3) is 0 Å². The van der Waals surface area contributed by atoms with Crippen molar-refractivity contribution in [1.29, 1.82) is 0 Å². The second-order valence-corrected chi connectivity index (χ2v) is 4.62. The molecule has 4 nitrogen and oxygen atoms in total.